The first-order valence-corrected chi connectivity index (χ1v) is 24.6. The van der Waals surface area contributed by atoms with E-state index < -0.39 is 34.8 Å². The van der Waals surface area contributed by atoms with Crippen LogP contribution in [0, 0.1) is 35.5 Å². The zero-order chi connectivity index (χ0) is 32.3. The first kappa shape index (κ1) is 38.3. The van der Waals surface area contributed by atoms with Crippen LogP contribution in [0.1, 0.15) is 83.1 Å². The van der Waals surface area contributed by atoms with Crippen molar-refractivity contribution in [3.8, 4) is 11.5 Å². The fourth-order valence-corrected chi connectivity index (χ4v) is 29.0. The van der Waals surface area contributed by atoms with Crippen LogP contribution in [0.3, 0.4) is 0 Å². The number of hydrogen-bond acceptors (Lipinski definition) is 4. The van der Waals surface area contributed by atoms with Gasteiger partial charge >= 0.3 is 274 Å². The van der Waals surface area contributed by atoms with E-state index in [0.29, 0.717) is 35.5 Å². The van der Waals surface area contributed by atoms with Crippen LogP contribution in [0.2, 0.25) is 36.3 Å². The normalized spacial score (nSPS) is 13.3. The van der Waals surface area contributed by atoms with Crippen molar-refractivity contribution >= 4 is 16.6 Å². The summed E-state index contributed by atoms with van der Waals surface area (Å²) in [6, 6.07) is 26.8. The third-order valence-electron chi connectivity index (χ3n) is 7.34. The average Bonchev–Trinajstić information content (AvgIpc) is 2.82. The van der Waals surface area contributed by atoms with Gasteiger partial charge in [0.15, 0.2) is 0 Å². The molecule has 0 unspecified atom stereocenters. The van der Waals surface area contributed by atoms with Gasteiger partial charge in [-0.1, -0.05) is 0 Å². The molecule has 0 amide bonds. The van der Waals surface area contributed by atoms with Gasteiger partial charge in [-0.15, -0.1) is 0 Å². The molecule has 0 fully saturated rings. The van der Waals surface area contributed by atoms with E-state index in [1.165, 1.54) is 0 Å². The van der Waals surface area contributed by atoms with E-state index in [9.17, 15) is 0 Å². The predicted octanol–water partition coefficient (Wildman–Crippen LogP) is 11.8. The Labute approximate surface area is 273 Å². The van der Waals surface area contributed by atoms with Gasteiger partial charge < -0.3 is 0 Å². The van der Waals surface area contributed by atoms with Crippen LogP contribution >= 0.6 is 0 Å². The van der Waals surface area contributed by atoms with Crippen LogP contribution in [0.5, 0.6) is 11.5 Å². The number of hydrogen-bond donors (Lipinski definition) is 0. The molecular formula is C36H64O4Si2Ti. The average molecular weight is 665 g/mol. The molecule has 0 spiro atoms. The summed E-state index contributed by atoms with van der Waals surface area (Å²) in [4.78, 5) is 0. The first-order chi connectivity index (χ1) is 20.1. The molecule has 0 radical (unpaired) electrons. The summed E-state index contributed by atoms with van der Waals surface area (Å²) in [5, 5.41) is 0. The zero-order valence-corrected chi connectivity index (χ0v) is 33.2. The molecule has 7 heteroatoms. The van der Waals surface area contributed by atoms with Crippen molar-refractivity contribution in [1.82, 2.24) is 0 Å². The van der Waals surface area contributed by atoms with Crippen molar-refractivity contribution in [2.24, 2.45) is 35.5 Å². The summed E-state index contributed by atoms with van der Waals surface area (Å²) in [5.74, 6) is 4.65. The monoisotopic (exact) mass is 664 g/mol. The Morgan fingerprint density at radius 1 is 0.419 bits per heavy atom. The van der Waals surface area contributed by atoms with Gasteiger partial charge in [0.05, 0.1) is 0 Å². The van der Waals surface area contributed by atoms with Crippen molar-refractivity contribution in [2.75, 3.05) is 0 Å². The summed E-state index contributed by atoms with van der Waals surface area (Å²) in [5.41, 5.74) is 0. The Balaban J connectivity index is 2.92. The molecule has 0 aliphatic rings. The Morgan fingerprint density at radius 3 is 0.860 bits per heavy atom. The van der Waals surface area contributed by atoms with Gasteiger partial charge in [-0.3, -0.25) is 0 Å². The minimum atomic E-state index is -4.58. The van der Waals surface area contributed by atoms with Gasteiger partial charge in [-0.05, 0) is 0 Å². The van der Waals surface area contributed by atoms with E-state index >= 15 is 0 Å². The molecule has 2 aromatic carbocycles. The van der Waals surface area contributed by atoms with Gasteiger partial charge in [0.2, 0.25) is 0 Å². The Kier molecular flexibility index (Phi) is 15.8. The molecule has 0 saturated heterocycles. The second-order valence-electron chi connectivity index (χ2n) is 15.5. The van der Waals surface area contributed by atoms with Gasteiger partial charge in [-0.25, -0.2) is 0 Å². The maximum atomic E-state index is 7.86. The summed E-state index contributed by atoms with van der Waals surface area (Å²) in [6.45, 7) is 28.1. The van der Waals surface area contributed by atoms with E-state index in [1.54, 1.807) is 0 Å². The second kappa shape index (κ2) is 17.7. The second-order valence-corrected chi connectivity index (χ2v) is 27.2. The van der Waals surface area contributed by atoms with Crippen molar-refractivity contribution in [1.29, 1.82) is 0 Å². The maximum absolute atomic E-state index is 7.86. The summed E-state index contributed by atoms with van der Waals surface area (Å²) in [7, 11) is -4.83. The van der Waals surface area contributed by atoms with Gasteiger partial charge in [-0.2, -0.15) is 0 Å². The fraction of sp³-hybridized carbons (Fsp3) is 0.667. The SMILES string of the molecule is CC(C)C[Si](CC(C)C)(CC(C)C)[O][Ti]([O]c1ccccc1)([O]c1ccccc1)[O][Si](CC(C)C)(CC(C)C)CC(C)C. The van der Waals surface area contributed by atoms with E-state index in [1.807, 2.05) is 60.7 Å². The molecule has 0 bridgehead atoms. The van der Waals surface area contributed by atoms with E-state index in [4.69, 9.17) is 12.7 Å². The van der Waals surface area contributed by atoms with Gasteiger partial charge in [0, 0.05) is 0 Å². The molecule has 2 aromatic rings. The first-order valence-electron chi connectivity index (χ1n) is 17.0. The van der Waals surface area contributed by atoms with Gasteiger partial charge in [0.1, 0.15) is 0 Å². The Hall–Kier alpha value is -0.892. The van der Waals surface area contributed by atoms with Crippen molar-refractivity contribution in [2.45, 2.75) is 119 Å². The van der Waals surface area contributed by atoms with Crippen LogP contribution in [0.25, 0.3) is 0 Å². The predicted molar refractivity (Wildman–Crippen MR) is 186 cm³/mol. The molecule has 0 aromatic heterocycles. The number of para-hydroxylation sites is 2. The third-order valence-corrected chi connectivity index (χ3v) is 26.0. The third kappa shape index (κ3) is 14.0. The van der Waals surface area contributed by atoms with Gasteiger partial charge in [0.25, 0.3) is 0 Å². The summed E-state index contributed by atoms with van der Waals surface area (Å²) >= 11 is -4.58. The van der Waals surface area contributed by atoms with Crippen molar-refractivity contribution < 1.29 is 30.8 Å². The van der Waals surface area contributed by atoms with E-state index in [-0.39, 0.29) is 0 Å². The molecule has 0 atom stereocenters. The standard InChI is InChI=1S/2C12H27OSi.2C6H6O.Ti/c2*1-10(2)7-14(13,8-11(3)4)9-12(5)6;2*7-6-4-2-1-3-5-6;/h2*10-12H,7-9H2,1-6H3;2*1-5,7H;/q2*-1;;;+4/p-2. The Bertz CT molecular complexity index is 892. The van der Waals surface area contributed by atoms with Crippen LogP contribution in [-0.2, 0) is 24.2 Å². The summed E-state index contributed by atoms with van der Waals surface area (Å²) < 4.78 is 30.1. The molecule has 4 nitrogen and oxygen atoms in total. The topological polar surface area (TPSA) is 36.9 Å². The fourth-order valence-electron chi connectivity index (χ4n) is 7.14. The number of rotatable bonds is 20. The molecule has 2 rings (SSSR count). The minimum absolute atomic E-state index is 0.515. The van der Waals surface area contributed by atoms with Crippen LogP contribution in [-0.4, -0.2) is 16.6 Å². The molecule has 43 heavy (non-hydrogen) atoms. The number of benzene rings is 2. The van der Waals surface area contributed by atoms with Crippen LogP contribution in [0.15, 0.2) is 60.7 Å². The van der Waals surface area contributed by atoms with Crippen LogP contribution in [0.4, 0.5) is 0 Å². The van der Waals surface area contributed by atoms with E-state index in [0.717, 1.165) is 47.8 Å². The molecule has 0 heterocycles. The molecule has 0 aliphatic carbocycles. The molecule has 0 saturated carbocycles. The zero-order valence-electron chi connectivity index (χ0n) is 29.6. The quantitative estimate of drug-likeness (QED) is 0.132. The molecule has 0 aliphatic heterocycles. The Morgan fingerprint density at radius 2 is 0.651 bits per heavy atom. The van der Waals surface area contributed by atoms with Crippen molar-refractivity contribution in [3.05, 3.63) is 60.7 Å². The molecular weight excluding hydrogens is 600 g/mol. The summed E-state index contributed by atoms with van der Waals surface area (Å²) in [6.07, 6.45) is 0. The van der Waals surface area contributed by atoms with Crippen LogP contribution < -0.4 is 6.64 Å². The molecule has 244 valence electrons. The van der Waals surface area contributed by atoms with Crippen molar-refractivity contribution in [3.63, 3.8) is 0 Å². The molecule has 0 N–H and O–H groups in total. The van der Waals surface area contributed by atoms with E-state index in [2.05, 4.69) is 83.1 Å².